The predicted molar refractivity (Wildman–Crippen MR) is 135 cm³/mol. The summed E-state index contributed by atoms with van der Waals surface area (Å²) in [5.74, 6) is -0.127. The molecule has 1 N–H and O–H groups in total. The highest BCUT2D eigenvalue weighted by molar-refractivity contribution is 7.92. The van der Waals surface area contributed by atoms with E-state index in [1.54, 1.807) is 6.07 Å². The van der Waals surface area contributed by atoms with Crippen molar-refractivity contribution in [3.8, 4) is 11.4 Å². The van der Waals surface area contributed by atoms with Gasteiger partial charge in [-0.2, -0.15) is 0 Å². The monoisotopic (exact) mass is 527 g/mol. The molecule has 0 bridgehead atoms. The maximum absolute atomic E-state index is 15.5. The molecule has 1 atom stereocenters. The van der Waals surface area contributed by atoms with Crippen LogP contribution in [0.3, 0.4) is 0 Å². The van der Waals surface area contributed by atoms with Gasteiger partial charge in [0.25, 0.3) is 15.6 Å². The Morgan fingerprint density at radius 1 is 1.16 bits per heavy atom. The zero-order valence-corrected chi connectivity index (χ0v) is 21.3. The number of halogens is 1. The molecule has 2 aromatic carbocycles. The van der Waals surface area contributed by atoms with Crippen molar-refractivity contribution in [3.05, 3.63) is 76.5 Å². The van der Waals surface area contributed by atoms with E-state index in [9.17, 15) is 13.2 Å². The maximum atomic E-state index is 15.5. The molecule has 9 nitrogen and oxygen atoms in total. The van der Waals surface area contributed by atoms with E-state index in [0.717, 1.165) is 0 Å². The van der Waals surface area contributed by atoms with E-state index in [0.29, 0.717) is 41.7 Å². The minimum atomic E-state index is -3.96. The molecule has 37 heavy (non-hydrogen) atoms. The Balaban J connectivity index is 1.59. The van der Waals surface area contributed by atoms with Crippen molar-refractivity contribution >= 4 is 26.7 Å². The fourth-order valence-electron chi connectivity index (χ4n) is 4.81. The number of methoxy groups -OCH3 is 1. The number of nitrogens with one attached hydrogen (secondary N) is 1. The molecule has 2 aromatic heterocycles. The van der Waals surface area contributed by atoms with Crippen molar-refractivity contribution in [1.29, 1.82) is 0 Å². The van der Waals surface area contributed by atoms with Crippen molar-refractivity contribution < 1.29 is 26.8 Å². The Morgan fingerprint density at radius 3 is 2.68 bits per heavy atom. The first-order valence-electron chi connectivity index (χ1n) is 11.7. The van der Waals surface area contributed by atoms with Gasteiger partial charge >= 0.3 is 0 Å². The molecule has 0 aliphatic carbocycles. The molecular weight excluding hydrogens is 501 g/mol. The summed E-state index contributed by atoms with van der Waals surface area (Å²) in [5.41, 5.74) is 0.348. The fraction of sp³-hybridized carbons (Fsp3) is 0.308. The molecule has 1 saturated heterocycles. The number of hydrogen-bond donors (Lipinski definition) is 1. The van der Waals surface area contributed by atoms with Crippen LogP contribution in [0.4, 0.5) is 10.2 Å². The molecular formula is C26H26FN3O6S. The number of fused-ring (bicyclic) bond motifs is 1. The van der Waals surface area contributed by atoms with Crippen molar-refractivity contribution in [2.45, 2.75) is 43.1 Å². The molecule has 1 aliphatic heterocycles. The molecule has 0 saturated carbocycles. The van der Waals surface area contributed by atoms with Gasteiger partial charge in [-0.3, -0.25) is 14.1 Å². The Bertz CT molecular complexity index is 1630. The van der Waals surface area contributed by atoms with Crippen molar-refractivity contribution in [3.63, 3.8) is 0 Å². The minimum absolute atomic E-state index is 0.0381. The first-order chi connectivity index (χ1) is 17.6. The molecule has 4 aromatic rings. The van der Waals surface area contributed by atoms with Crippen LogP contribution in [0, 0.1) is 5.82 Å². The summed E-state index contributed by atoms with van der Waals surface area (Å²) in [7, 11) is -2.50. The van der Waals surface area contributed by atoms with Crippen LogP contribution >= 0.6 is 0 Å². The number of anilines is 1. The van der Waals surface area contributed by atoms with E-state index in [4.69, 9.17) is 9.47 Å². The molecule has 0 unspecified atom stereocenters. The summed E-state index contributed by atoms with van der Waals surface area (Å²) in [5, 5.41) is 4.02. The highest BCUT2D eigenvalue weighted by Crippen LogP contribution is 2.39. The SMILES string of the molecule is COc1cc([C@H]2CCOC(C)(C)C2)c(F)cc1-n1c(=O)ccc2cc(S(=O)(=O)Nc3ccon3)ccc21. The summed E-state index contributed by atoms with van der Waals surface area (Å²) in [6.07, 6.45) is 2.58. The largest absolute Gasteiger partial charge is 0.495 e. The lowest BCUT2D eigenvalue weighted by molar-refractivity contribution is -0.0596. The lowest BCUT2D eigenvalue weighted by atomic mass is 9.83. The molecule has 5 rings (SSSR count). The quantitative estimate of drug-likeness (QED) is 0.390. The fourth-order valence-corrected chi connectivity index (χ4v) is 5.84. The number of sulfonamides is 1. The van der Waals surface area contributed by atoms with Crippen LogP contribution in [-0.2, 0) is 14.8 Å². The number of pyridine rings is 1. The van der Waals surface area contributed by atoms with Gasteiger partial charge in [-0.15, -0.1) is 0 Å². The molecule has 1 aliphatic rings. The second-order valence-corrected chi connectivity index (χ2v) is 11.2. The van der Waals surface area contributed by atoms with Crippen LogP contribution in [0.15, 0.2) is 69.0 Å². The van der Waals surface area contributed by atoms with Crippen LogP contribution < -0.4 is 15.0 Å². The number of aromatic nitrogens is 2. The third-order valence-electron chi connectivity index (χ3n) is 6.53. The van der Waals surface area contributed by atoms with Gasteiger partial charge in [0, 0.05) is 30.2 Å². The zero-order chi connectivity index (χ0) is 26.4. The van der Waals surface area contributed by atoms with Crippen LogP contribution in [0.2, 0.25) is 0 Å². The smallest absolute Gasteiger partial charge is 0.263 e. The summed E-state index contributed by atoms with van der Waals surface area (Å²) in [6.45, 7) is 4.49. The molecule has 0 spiro atoms. The van der Waals surface area contributed by atoms with Crippen LogP contribution in [0.1, 0.15) is 38.2 Å². The molecule has 0 radical (unpaired) electrons. The third kappa shape index (κ3) is 4.84. The van der Waals surface area contributed by atoms with E-state index in [1.807, 2.05) is 13.8 Å². The molecule has 194 valence electrons. The zero-order valence-electron chi connectivity index (χ0n) is 20.5. The Kier molecular flexibility index (Phi) is 6.28. The number of benzene rings is 2. The second-order valence-electron chi connectivity index (χ2n) is 9.56. The lowest BCUT2D eigenvalue weighted by Crippen LogP contribution is -2.33. The van der Waals surface area contributed by atoms with Crippen LogP contribution in [0.25, 0.3) is 16.6 Å². The summed E-state index contributed by atoms with van der Waals surface area (Å²) in [6, 6.07) is 11.4. The highest BCUT2D eigenvalue weighted by Gasteiger charge is 2.32. The van der Waals surface area contributed by atoms with Crippen molar-refractivity contribution in [1.82, 2.24) is 9.72 Å². The van der Waals surface area contributed by atoms with Crippen molar-refractivity contribution in [2.75, 3.05) is 18.4 Å². The summed E-state index contributed by atoms with van der Waals surface area (Å²) < 4.78 is 60.8. The molecule has 1 fully saturated rings. The first-order valence-corrected chi connectivity index (χ1v) is 13.2. The van der Waals surface area contributed by atoms with Gasteiger partial charge in [0.15, 0.2) is 5.82 Å². The summed E-state index contributed by atoms with van der Waals surface area (Å²) in [4.78, 5) is 13.0. The number of hydrogen-bond acceptors (Lipinski definition) is 7. The Morgan fingerprint density at radius 2 is 1.97 bits per heavy atom. The van der Waals surface area contributed by atoms with E-state index >= 15 is 4.39 Å². The van der Waals surface area contributed by atoms with Crippen LogP contribution in [0.5, 0.6) is 5.75 Å². The second kappa shape index (κ2) is 9.31. The molecule has 3 heterocycles. The van der Waals surface area contributed by atoms with Gasteiger partial charge in [-0.25, -0.2) is 12.8 Å². The first kappa shape index (κ1) is 25.0. The summed E-state index contributed by atoms with van der Waals surface area (Å²) >= 11 is 0. The number of ether oxygens (including phenoxy) is 2. The minimum Gasteiger partial charge on any atom is -0.495 e. The Hall–Kier alpha value is -3.70. The molecule has 11 heteroatoms. The van der Waals surface area contributed by atoms with Gasteiger partial charge in [-0.05, 0) is 68.5 Å². The maximum Gasteiger partial charge on any atom is 0.263 e. The average molecular weight is 528 g/mol. The number of rotatable bonds is 6. The van der Waals surface area contributed by atoms with E-state index in [2.05, 4.69) is 14.4 Å². The highest BCUT2D eigenvalue weighted by atomic mass is 32.2. The van der Waals surface area contributed by atoms with Gasteiger partial charge in [0.05, 0.1) is 28.8 Å². The van der Waals surface area contributed by atoms with Crippen molar-refractivity contribution in [2.24, 2.45) is 0 Å². The van der Waals surface area contributed by atoms with Gasteiger partial charge < -0.3 is 14.0 Å². The van der Waals surface area contributed by atoms with E-state index < -0.39 is 21.4 Å². The van der Waals surface area contributed by atoms with Crippen LogP contribution in [-0.4, -0.2) is 37.5 Å². The average Bonchev–Trinajstić information content (AvgIpc) is 3.35. The van der Waals surface area contributed by atoms with E-state index in [1.165, 1.54) is 60.4 Å². The topological polar surface area (TPSA) is 113 Å². The predicted octanol–water partition coefficient (Wildman–Crippen LogP) is 4.60. The van der Waals surface area contributed by atoms with E-state index in [-0.39, 0.29) is 27.9 Å². The van der Waals surface area contributed by atoms with Gasteiger partial charge in [0.1, 0.15) is 17.8 Å². The Labute approximate surface area is 212 Å². The van der Waals surface area contributed by atoms with Gasteiger partial charge in [0.2, 0.25) is 0 Å². The standard InChI is InChI=1S/C26H26FN3O6S/c1-26(2)15-17(8-10-35-26)19-13-23(34-3)22(14-20(19)27)30-21-6-5-18(12-16(21)4-7-25(30)31)37(32,33)29-24-9-11-36-28-24/h4-7,9,11-14,17H,8,10,15H2,1-3H3,(H,28,29)/t17-/m0/s1. The lowest BCUT2D eigenvalue weighted by Gasteiger charge is -2.36. The normalized spacial score (nSPS) is 17.6. The van der Waals surface area contributed by atoms with Gasteiger partial charge in [-0.1, -0.05) is 5.16 Å². The number of nitrogens with zero attached hydrogens (tertiary/aromatic N) is 2. The molecule has 0 amide bonds. The third-order valence-corrected chi connectivity index (χ3v) is 7.88.